The Morgan fingerprint density at radius 2 is 1.75 bits per heavy atom. The van der Waals surface area contributed by atoms with Crippen molar-refractivity contribution in [2.75, 3.05) is 26.2 Å². The Labute approximate surface area is 143 Å². The van der Waals surface area contributed by atoms with Crippen molar-refractivity contribution in [1.82, 2.24) is 15.2 Å². The van der Waals surface area contributed by atoms with E-state index in [9.17, 15) is 0 Å². The number of hydrogen-bond acceptors (Lipinski definition) is 3. The van der Waals surface area contributed by atoms with Crippen LogP contribution in [0.1, 0.15) is 23.7 Å². The SMILES string of the molecule is c1ccc(C(c2cccc3ccccc23)N2CCCNCC2)nc1. The smallest absolute Gasteiger partial charge is 0.0782 e. The van der Waals surface area contributed by atoms with Crippen LogP contribution in [0.3, 0.4) is 0 Å². The zero-order valence-corrected chi connectivity index (χ0v) is 13.9. The Bertz CT molecular complexity index is 787. The topological polar surface area (TPSA) is 28.2 Å². The number of rotatable bonds is 3. The molecule has 0 aliphatic carbocycles. The van der Waals surface area contributed by atoms with Crippen LogP contribution >= 0.6 is 0 Å². The molecule has 1 atom stereocenters. The third kappa shape index (κ3) is 3.05. The molecule has 1 aliphatic heterocycles. The van der Waals surface area contributed by atoms with Gasteiger partial charge in [-0.05, 0) is 41.4 Å². The highest BCUT2D eigenvalue weighted by atomic mass is 15.2. The summed E-state index contributed by atoms with van der Waals surface area (Å²) in [6, 6.07) is 21.7. The maximum atomic E-state index is 4.71. The monoisotopic (exact) mass is 317 g/mol. The summed E-state index contributed by atoms with van der Waals surface area (Å²) >= 11 is 0. The van der Waals surface area contributed by atoms with Gasteiger partial charge in [-0.25, -0.2) is 0 Å². The van der Waals surface area contributed by atoms with E-state index in [1.165, 1.54) is 22.8 Å². The Hall–Kier alpha value is -2.23. The number of fused-ring (bicyclic) bond motifs is 1. The molecular weight excluding hydrogens is 294 g/mol. The van der Waals surface area contributed by atoms with E-state index < -0.39 is 0 Å². The fourth-order valence-electron chi connectivity index (χ4n) is 3.69. The highest BCUT2D eigenvalue weighted by Gasteiger charge is 2.25. The zero-order chi connectivity index (χ0) is 16.2. The minimum Gasteiger partial charge on any atom is -0.315 e. The molecule has 3 heteroatoms. The molecule has 0 amide bonds. The van der Waals surface area contributed by atoms with E-state index in [1.54, 1.807) is 0 Å². The maximum absolute atomic E-state index is 4.71. The number of nitrogens with one attached hydrogen (secondary N) is 1. The van der Waals surface area contributed by atoms with Crippen molar-refractivity contribution in [3.05, 3.63) is 78.1 Å². The first kappa shape index (κ1) is 15.3. The molecule has 1 unspecified atom stereocenters. The van der Waals surface area contributed by atoms with Gasteiger partial charge in [0.25, 0.3) is 0 Å². The highest BCUT2D eigenvalue weighted by molar-refractivity contribution is 5.86. The Kier molecular flexibility index (Phi) is 4.54. The molecular formula is C21H23N3. The molecule has 1 aliphatic rings. The number of pyridine rings is 1. The number of nitrogens with zero attached hydrogens (tertiary/aromatic N) is 2. The molecule has 1 fully saturated rings. The summed E-state index contributed by atoms with van der Waals surface area (Å²) in [6.45, 7) is 4.27. The summed E-state index contributed by atoms with van der Waals surface area (Å²) in [7, 11) is 0. The second-order valence-corrected chi connectivity index (χ2v) is 6.37. The Balaban J connectivity index is 1.85. The first-order chi connectivity index (χ1) is 11.9. The van der Waals surface area contributed by atoms with Crippen molar-refractivity contribution in [3.8, 4) is 0 Å². The minimum atomic E-state index is 0.206. The van der Waals surface area contributed by atoms with Gasteiger partial charge in [-0.15, -0.1) is 0 Å². The van der Waals surface area contributed by atoms with E-state index in [4.69, 9.17) is 4.98 Å². The molecule has 0 spiro atoms. The average Bonchev–Trinajstić information content (AvgIpc) is 2.93. The lowest BCUT2D eigenvalue weighted by molar-refractivity contribution is 0.238. The molecule has 1 aromatic heterocycles. The van der Waals surface area contributed by atoms with Gasteiger partial charge in [-0.1, -0.05) is 48.5 Å². The van der Waals surface area contributed by atoms with E-state index in [1.807, 2.05) is 12.3 Å². The van der Waals surface area contributed by atoms with Gasteiger partial charge < -0.3 is 5.32 Å². The largest absolute Gasteiger partial charge is 0.315 e. The second-order valence-electron chi connectivity index (χ2n) is 6.37. The maximum Gasteiger partial charge on any atom is 0.0782 e. The lowest BCUT2D eigenvalue weighted by Gasteiger charge is -2.31. The third-order valence-electron chi connectivity index (χ3n) is 4.83. The van der Waals surface area contributed by atoms with Crippen molar-refractivity contribution in [1.29, 1.82) is 0 Å². The van der Waals surface area contributed by atoms with Crippen LogP contribution in [-0.2, 0) is 0 Å². The molecule has 24 heavy (non-hydrogen) atoms. The Morgan fingerprint density at radius 1 is 0.875 bits per heavy atom. The summed E-state index contributed by atoms with van der Waals surface area (Å²) < 4.78 is 0. The van der Waals surface area contributed by atoms with Gasteiger partial charge in [-0.3, -0.25) is 9.88 Å². The van der Waals surface area contributed by atoms with Crippen LogP contribution in [0, 0.1) is 0 Å². The molecule has 0 radical (unpaired) electrons. The quantitative estimate of drug-likeness (QED) is 0.800. The molecule has 1 N–H and O–H groups in total. The Morgan fingerprint density at radius 3 is 2.67 bits per heavy atom. The van der Waals surface area contributed by atoms with Gasteiger partial charge in [0.2, 0.25) is 0 Å². The second kappa shape index (κ2) is 7.12. The molecule has 4 rings (SSSR count). The summed E-state index contributed by atoms with van der Waals surface area (Å²) in [6.07, 6.45) is 3.08. The molecule has 3 aromatic rings. The minimum absolute atomic E-state index is 0.206. The van der Waals surface area contributed by atoms with Crippen LogP contribution in [-0.4, -0.2) is 36.1 Å². The van der Waals surface area contributed by atoms with E-state index in [0.29, 0.717) is 0 Å². The van der Waals surface area contributed by atoms with Crippen LogP contribution in [0.25, 0.3) is 10.8 Å². The van der Waals surface area contributed by atoms with Crippen LogP contribution in [0.15, 0.2) is 66.9 Å². The number of benzene rings is 2. The van der Waals surface area contributed by atoms with Crippen molar-refractivity contribution in [3.63, 3.8) is 0 Å². The molecule has 2 heterocycles. The molecule has 3 nitrogen and oxygen atoms in total. The van der Waals surface area contributed by atoms with Crippen molar-refractivity contribution in [2.45, 2.75) is 12.5 Å². The van der Waals surface area contributed by atoms with Crippen molar-refractivity contribution in [2.24, 2.45) is 0 Å². The van der Waals surface area contributed by atoms with Crippen LogP contribution in [0.5, 0.6) is 0 Å². The van der Waals surface area contributed by atoms with E-state index in [2.05, 4.69) is 64.8 Å². The van der Waals surface area contributed by atoms with Crippen LogP contribution in [0.4, 0.5) is 0 Å². The van der Waals surface area contributed by atoms with E-state index in [0.717, 1.165) is 31.9 Å². The first-order valence-electron chi connectivity index (χ1n) is 8.77. The van der Waals surface area contributed by atoms with Gasteiger partial charge in [0.1, 0.15) is 0 Å². The standard InChI is InChI=1S/C21H23N3/c1-2-9-18-17(7-1)8-5-10-19(18)21(20-11-3-4-13-23-20)24-15-6-12-22-14-16-24/h1-5,7-11,13,21-22H,6,12,14-16H2. The molecule has 1 saturated heterocycles. The van der Waals surface area contributed by atoms with Gasteiger partial charge >= 0.3 is 0 Å². The first-order valence-corrected chi connectivity index (χ1v) is 8.77. The van der Waals surface area contributed by atoms with Gasteiger partial charge in [0.15, 0.2) is 0 Å². The van der Waals surface area contributed by atoms with Gasteiger partial charge in [0, 0.05) is 25.8 Å². The average molecular weight is 317 g/mol. The lowest BCUT2D eigenvalue weighted by Crippen LogP contribution is -2.33. The summed E-state index contributed by atoms with van der Waals surface area (Å²) in [5, 5.41) is 6.13. The molecule has 122 valence electrons. The van der Waals surface area contributed by atoms with Crippen LogP contribution < -0.4 is 5.32 Å². The van der Waals surface area contributed by atoms with Crippen molar-refractivity contribution >= 4 is 10.8 Å². The lowest BCUT2D eigenvalue weighted by atomic mass is 9.95. The normalized spacial score (nSPS) is 17.5. The van der Waals surface area contributed by atoms with Gasteiger partial charge in [0.05, 0.1) is 11.7 Å². The molecule has 2 aromatic carbocycles. The predicted molar refractivity (Wildman–Crippen MR) is 99.1 cm³/mol. The van der Waals surface area contributed by atoms with E-state index in [-0.39, 0.29) is 6.04 Å². The summed E-state index contributed by atoms with van der Waals surface area (Å²) in [4.78, 5) is 7.28. The number of aromatic nitrogens is 1. The van der Waals surface area contributed by atoms with Crippen molar-refractivity contribution < 1.29 is 0 Å². The summed E-state index contributed by atoms with van der Waals surface area (Å²) in [5.41, 5.74) is 2.49. The van der Waals surface area contributed by atoms with E-state index >= 15 is 0 Å². The molecule has 0 bridgehead atoms. The fourth-order valence-corrected chi connectivity index (χ4v) is 3.69. The highest BCUT2D eigenvalue weighted by Crippen LogP contribution is 2.32. The fraction of sp³-hybridized carbons (Fsp3) is 0.286. The summed E-state index contributed by atoms with van der Waals surface area (Å²) in [5.74, 6) is 0. The number of hydrogen-bond donors (Lipinski definition) is 1. The van der Waals surface area contributed by atoms with Crippen LogP contribution in [0.2, 0.25) is 0 Å². The van der Waals surface area contributed by atoms with Gasteiger partial charge in [-0.2, -0.15) is 0 Å². The predicted octanol–water partition coefficient (Wildman–Crippen LogP) is 3.62. The zero-order valence-electron chi connectivity index (χ0n) is 13.9. The molecule has 0 saturated carbocycles. The third-order valence-corrected chi connectivity index (χ3v) is 4.83.